The smallest absolute Gasteiger partial charge is 0.226 e. The van der Waals surface area contributed by atoms with Gasteiger partial charge in [0.15, 0.2) is 0 Å². The van der Waals surface area contributed by atoms with Gasteiger partial charge in [0, 0.05) is 30.7 Å². The summed E-state index contributed by atoms with van der Waals surface area (Å²) in [5.74, 6) is 0.417. The molecule has 0 saturated carbocycles. The Morgan fingerprint density at radius 2 is 1.96 bits per heavy atom. The average Bonchev–Trinajstić information content (AvgIpc) is 2.69. The number of ether oxygens (including phenoxy) is 1. The van der Waals surface area contributed by atoms with E-state index in [1.165, 1.54) is 12.1 Å². The third-order valence-corrected chi connectivity index (χ3v) is 4.19. The molecule has 0 spiro atoms. The lowest BCUT2D eigenvalue weighted by molar-refractivity contribution is 0.0392. The van der Waals surface area contributed by atoms with Crippen molar-refractivity contribution in [1.29, 1.82) is 0 Å². The van der Waals surface area contributed by atoms with Crippen LogP contribution in [-0.4, -0.2) is 34.6 Å². The molecule has 25 heavy (non-hydrogen) atoms. The maximum atomic E-state index is 13.1. The lowest BCUT2D eigenvalue weighted by Crippen LogP contribution is -2.39. The highest BCUT2D eigenvalue weighted by molar-refractivity contribution is 5.58. The Balaban J connectivity index is 1.56. The van der Waals surface area contributed by atoms with Crippen LogP contribution in [0.25, 0.3) is 11.3 Å². The standard InChI is InChI=1S/C19H17FN4O/c20-16-5-3-14(4-6-16)18-13-24(10-11-25-18)19-22-9-7-17(23-19)15-2-1-8-21-12-15/h1-9,12,18H,10-11,13H2/t18-/m0/s1. The largest absolute Gasteiger partial charge is 0.370 e. The van der Waals surface area contributed by atoms with Crippen molar-refractivity contribution in [3.63, 3.8) is 0 Å². The zero-order chi connectivity index (χ0) is 17.1. The summed E-state index contributed by atoms with van der Waals surface area (Å²) in [7, 11) is 0. The van der Waals surface area contributed by atoms with E-state index in [0.29, 0.717) is 25.6 Å². The second kappa shape index (κ2) is 6.94. The highest BCUT2D eigenvalue weighted by atomic mass is 19.1. The van der Waals surface area contributed by atoms with E-state index in [0.717, 1.165) is 16.8 Å². The monoisotopic (exact) mass is 336 g/mol. The molecule has 1 aliphatic rings. The van der Waals surface area contributed by atoms with E-state index in [9.17, 15) is 4.39 Å². The van der Waals surface area contributed by atoms with Crippen LogP contribution < -0.4 is 4.90 Å². The number of nitrogens with zero attached hydrogens (tertiary/aromatic N) is 4. The number of halogens is 1. The predicted octanol–water partition coefficient (Wildman–Crippen LogP) is 3.26. The average molecular weight is 336 g/mol. The topological polar surface area (TPSA) is 51.1 Å². The number of hydrogen-bond donors (Lipinski definition) is 0. The summed E-state index contributed by atoms with van der Waals surface area (Å²) in [6.07, 6.45) is 5.15. The van der Waals surface area contributed by atoms with Crippen molar-refractivity contribution in [2.24, 2.45) is 0 Å². The van der Waals surface area contributed by atoms with Crippen LogP contribution in [0.2, 0.25) is 0 Å². The lowest BCUT2D eigenvalue weighted by atomic mass is 10.1. The van der Waals surface area contributed by atoms with Crippen molar-refractivity contribution in [2.45, 2.75) is 6.10 Å². The van der Waals surface area contributed by atoms with E-state index in [-0.39, 0.29) is 11.9 Å². The molecular weight excluding hydrogens is 319 g/mol. The summed E-state index contributed by atoms with van der Waals surface area (Å²) in [6, 6.07) is 12.2. The molecule has 0 bridgehead atoms. The number of morpholine rings is 1. The molecular formula is C19H17FN4O. The molecule has 5 nitrogen and oxygen atoms in total. The van der Waals surface area contributed by atoms with Gasteiger partial charge in [-0.3, -0.25) is 4.98 Å². The van der Waals surface area contributed by atoms with Crippen molar-refractivity contribution >= 4 is 5.95 Å². The van der Waals surface area contributed by atoms with E-state index in [2.05, 4.69) is 19.9 Å². The summed E-state index contributed by atoms with van der Waals surface area (Å²) in [6.45, 7) is 1.92. The summed E-state index contributed by atoms with van der Waals surface area (Å²) < 4.78 is 19.0. The Labute approximate surface area is 145 Å². The highest BCUT2D eigenvalue weighted by Crippen LogP contribution is 2.25. The van der Waals surface area contributed by atoms with Crippen LogP contribution in [0.5, 0.6) is 0 Å². The van der Waals surface area contributed by atoms with Crippen LogP contribution in [0.1, 0.15) is 11.7 Å². The van der Waals surface area contributed by atoms with E-state index < -0.39 is 0 Å². The van der Waals surface area contributed by atoms with Gasteiger partial charge < -0.3 is 9.64 Å². The fraction of sp³-hybridized carbons (Fsp3) is 0.211. The van der Waals surface area contributed by atoms with E-state index in [1.807, 2.05) is 18.2 Å². The molecule has 1 aliphatic heterocycles. The second-order valence-electron chi connectivity index (χ2n) is 5.84. The van der Waals surface area contributed by atoms with Gasteiger partial charge >= 0.3 is 0 Å². The Kier molecular flexibility index (Phi) is 4.35. The van der Waals surface area contributed by atoms with Gasteiger partial charge in [0.2, 0.25) is 5.95 Å². The highest BCUT2D eigenvalue weighted by Gasteiger charge is 2.24. The molecule has 1 atom stereocenters. The van der Waals surface area contributed by atoms with Crippen molar-refractivity contribution in [1.82, 2.24) is 15.0 Å². The maximum Gasteiger partial charge on any atom is 0.226 e. The number of hydrogen-bond acceptors (Lipinski definition) is 5. The minimum Gasteiger partial charge on any atom is -0.370 e. The van der Waals surface area contributed by atoms with Gasteiger partial charge in [0.1, 0.15) is 11.9 Å². The molecule has 0 unspecified atom stereocenters. The Morgan fingerprint density at radius 1 is 1.08 bits per heavy atom. The molecule has 0 N–H and O–H groups in total. The lowest BCUT2D eigenvalue weighted by Gasteiger charge is -2.33. The van der Waals surface area contributed by atoms with Crippen molar-refractivity contribution < 1.29 is 9.13 Å². The molecule has 3 aromatic rings. The first-order chi connectivity index (χ1) is 12.3. The minimum atomic E-state index is -0.246. The number of anilines is 1. The molecule has 4 rings (SSSR count). The predicted molar refractivity (Wildman–Crippen MR) is 92.6 cm³/mol. The summed E-state index contributed by atoms with van der Waals surface area (Å²) in [5, 5.41) is 0. The Hall–Kier alpha value is -2.86. The molecule has 1 fully saturated rings. The zero-order valence-corrected chi connectivity index (χ0v) is 13.5. The molecule has 1 aromatic carbocycles. The second-order valence-corrected chi connectivity index (χ2v) is 5.84. The normalized spacial score (nSPS) is 17.5. The molecule has 3 heterocycles. The Morgan fingerprint density at radius 3 is 2.76 bits per heavy atom. The summed E-state index contributed by atoms with van der Waals surface area (Å²) in [4.78, 5) is 15.3. The van der Waals surface area contributed by atoms with Gasteiger partial charge in [0.25, 0.3) is 0 Å². The van der Waals surface area contributed by atoms with Crippen LogP contribution in [-0.2, 0) is 4.74 Å². The van der Waals surface area contributed by atoms with Crippen LogP contribution in [0.4, 0.5) is 10.3 Å². The first-order valence-electron chi connectivity index (χ1n) is 8.15. The molecule has 0 radical (unpaired) electrons. The molecule has 1 saturated heterocycles. The minimum absolute atomic E-state index is 0.125. The van der Waals surface area contributed by atoms with Gasteiger partial charge in [-0.25, -0.2) is 14.4 Å². The summed E-state index contributed by atoms with van der Waals surface area (Å²) >= 11 is 0. The molecule has 6 heteroatoms. The molecule has 0 amide bonds. The van der Waals surface area contributed by atoms with Crippen molar-refractivity contribution in [3.8, 4) is 11.3 Å². The van der Waals surface area contributed by atoms with E-state index >= 15 is 0 Å². The molecule has 126 valence electrons. The van der Waals surface area contributed by atoms with Crippen molar-refractivity contribution in [2.75, 3.05) is 24.6 Å². The van der Waals surface area contributed by atoms with Gasteiger partial charge in [-0.1, -0.05) is 12.1 Å². The number of aromatic nitrogens is 3. The number of pyridine rings is 1. The van der Waals surface area contributed by atoms with Crippen LogP contribution in [0, 0.1) is 5.82 Å². The van der Waals surface area contributed by atoms with Gasteiger partial charge in [-0.15, -0.1) is 0 Å². The SMILES string of the molecule is Fc1ccc([C@@H]2CN(c3nccc(-c4cccnc4)n3)CCO2)cc1. The Bertz CT molecular complexity index is 842. The van der Waals surface area contributed by atoms with Gasteiger partial charge in [-0.05, 0) is 35.9 Å². The van der Waals surface area contributed by atoms with E-state index in [4.69, 9.17) is 4.74 Å². The first-order valence-corrected chi connectivity index (χ1v) is 8.15. The number of benzene rings is 1. The molecule has 2 aromatic heterocycles. The first kappa shape index (κ1) is 15.7. The van der Waals surface area contributed by atoms with Gasteiger partial charge in [-0.2, -0.15) is 0 Å². The fourth-order valence-electron chi connectivity index (χ4n) is 2.89. The van der Waals surface area contributed by atoms with Crippen LogP contribution in [0.15, 0.2) is 61.1 Å². The number of rotatable bonds is 3. The van der Waals surface area contributed by atoms with Crippen LogP contribution in [0.3, 0.4) is 0 Å². The van der Waals surface area contributed by atoms with E-state index in [1.54, 1.807) is 30.7 Å². The third-order valence-electron chi connectivity index (χ3n) is 4.19. The fourth-order valence-corrected chi connectivity index (χ4v) is 2.89. The van der Waals surface area contributed by atoms with Gasteiger partial charge in [0.05, 0.1) is 18.8 Å². The van der Waals surface area contributed by atoms with Crippen LogP contribution >= 0.6 is 0 Å². The van der Waals surface area contributed by atoms with Crippen molar-refractivity contribution in [3.05, 3.63) is 72.4 Å². The molecule has 0 aliphatic carbocycles. The zero-order valence-electron chi connectivity index (χ0n) is 13.5. The quantitative estimate of drug-likeness (QED) is 0.735. The summed E-state index contributed by atoms with van der Waals surface area (Å²) in [5.41, 5.74) is 2.74. The maximum absolute atomic E-state index is 13.1. The third kappa shape index (κ3) is 3.49.